The summed E-state index contributed by atoms with van der Waals surface area (Å²) >= 11 is 6.12. The van der Waals surface area contributed by atoms with Crippen molar-refractivity contribution in [2.75, 3.05) is 6.61 Å². The van der Waals surface area contributed by atoms with E-state index in [0.29, 0.717) is 17.2 Å². The van der Waals surface area contributed by atoms with E-state index in [1.54, 1.807) is 13.0 Å². The third-order valence-corrected chi connectivity index (χ3v) is 4.01. The number of hydrogen-bond donors (Lipinski definition) is 1. The van der Waals surface area contributed by atoms with Crippen molar-refractivity contribution < 1.29 is 9.13 Å². The topological polar surface area (TPSA) is 35.2 Å². The molecule has 3 rings (SSSR count). The van der Waals surface area contributed by atoms with Gasteiger partial charge in [-0.05, 0) is 47.4 Å². The van der Waals surface area contributed by atoms with Crippen LogP contribution in [-0.4, -0.2) is 6.61 Å². The van der Waals surface area contributed by atoms with Gasteiger partial charge in [-0.3, -0.25) is 0 Å². The first-order valence-corrected chi connectivity index (χ1v) is 6.91. The molecule has 0 saturated carbocycles. The van der Waals surface area contributed by atoms with Crippen molar-refractivity contribution in [3.05, 3.63) is 63.4 Å². The molecule has 4 heteroatoms. The van der Waals surface area contributed by atoms with Crippen molar-refractivity contribution in [1.82, 2.24) is 0 Å². The summed E-state index contributed by atoms with van der Waals surface area (Å²) in [6.45, 7) is 2.42. The zero-order chi connectivity index (χ0) is 14.3. The molecule has 0 aromatic heterocycles. The Morgan fingerprint density at radius 3 is 2.90 bits per heavy atom. The lowest BCUT2D eigenvalue weighted by atomic mass is 9.96. The van der Waals surface area contributed by atoms with Crippen LogP contribution in [0.5, 0.6) is 5.75 Å². The minimum atomic E-state index is -0.368. The number of benzene rings is 2. The third-order valence-electron chi connectivity index (χ3n) is 3.69. The Balaban J connectivity index is 2.00. The SMILES string of the molecule is Cc1cc(C(N)c2ccc3c(c2)CCO3)c(Cl)cc1F. The molecule has 1 heterocycles. The molecule has 0 spiro atoms. The van der Waals surface area contributed by atoms with Crippen LogP contribution in [0.1, 0.15) is 28.3 Å². The Morgan fingerprint density at radius 1 is 1.30 bits per heavy atom. The number of hydrogen-bond acceptors (Lipinski definition) is 2. The summed E-state index contributed by atoms with van der Waals surface area (Å²) in [4.78, 5) is 0. The van der Waals surface area contributed by atoms with E-state index < -0.39 is 0 Å². The summed E-state index contributed by atoms with van der Waals surface area (Å²) < 4.78 is 18.9. The Hall–Kier alpha value is -1.58. The van der Waals surface area contributed by atoms with Gasteiger partial charge in [0, 0.05) is 11.4 Å². The number of halogens is 2. The van der Waals surface area contributed by atoms with E-state index in [0.717, 1.165) is 28.9 Å². The van der Waals surface area contributed by atoms with E-state index in [9.17, 15) is 4.39 Å². The first kappa shape index (κ1) is 13.4. The van der Waals surface area contributed by atoms with Crippen LogP contribution >= 0.6 is 11.6 Å². The van der Waals surface area contributed by atoms with Gasteiger partial charge in [-0.25, -0.2) is 4.39 Å². The van der Waals surface area contributed by atoms with Gasteiger partial charge in [0.2, 0.25) is 0 Å². The third kappa shape index (κ3) is 2.28. The van der Waals surface area contributed by atoms with E-state index in [-0.39, 0.29) is 11.9 Å². The maximum Gasteiger partial charge on any atom is 0.127 e. The molecule has 0 fully saturated rings. The smallest absolute Gasteiger partial charge is 0.127 e. The van der Waals surface area contributed by atoms with Gasteiger partial charge in [-0.15, -0.1) is 0 Å². The van der Waals surface area contributed by atoms with Crippen molar-refractivity contribution in [2.24, 2.45) is 5.73 Å². The summed E-state index contributed by atoms with van der Waals surface area (Å²) in [5, 5.41) is 0.359. The molecule has 0 bridgehead atoms. The van der Waals surface area contributed by atoms with E-state index in [1.165, 1.54) is 6.07 Å². The number of nitrogens with two attached hydrogens (primary N) is 1. The van der Waals surface area contributed by atoms with Gasteiger partial charge < -0.3 is 10.5 Å². The molecule has 0 amide bonds. The van der Waals surface area contributed by atoms with Gasteiger partial charge in [-0.2, -0.15) is 0 Å². The van der Waals surface area contributed by atoms with Crippen LogP contribution < -0.4 is 10.5 Å². The normalized spacial score (nSPS) is 14.8. The Kier molecular flexibility index (Phi) is 3.40. The summed E-state index contributed by atoms with van der Waals surface area (Å²) in [6.07, 6.45) is 0.895. The van der Waals surface area contributed by atoms with Gasteiger partial charge >= 0.3 is 0 Å². The van der Waals surface area contributed by atoms with Crippen molar-refractivity contribution in [2.45, 2.75) is 19.4 Å². The van der Waals surface area contributed by atoms with Crippen LogP contribution in [0.15, 0.2) is 30.3 Å². The fourth-order valence-electron chi connectivity index (χ4n) is 2.50. The highest BCUT2D eigenvalue weighted by atomic mass is 35.5. The number of ether oxygens (including phenoxy) is 1. The van der Waals surface area contributed by atoms with Crippen molar-refractivity contribution in [1.29, 1.82) is 0 Å². The second kappa shape index (κ2) is 5.08. The second-order valence-electron chi connectivity index (χ2n) is 5.07. The van der Waals surface area contributed by atoms with Crippen LogP contribution in [0.3, 0.4) is 0 Å². The average molecular weight is 292 g/mol. The fraction of sp³-hybridized carbons (Fsp3) is 0.250. The standard InChI is InChI=1S/C16H15ClFNO/c1-9-6-12(13(17)8-14(9)18)16(19)11-2-3-15-10(7-11)4-5-20-15/h2-3,6-8,16H,4-5,19H2,1H3. The van der Waals surface area contributed by atoms with E-state index in [4.69, 9.17) is 22.1 Å². The predicted octanol–water partition coefficient (Wildman–Crippen LogP) is 3.77. The largest absolute Gasteiger partial charge is 0.493 e. The van der Waals surface area contributed by atoms with E-state index in [1.807, 2.05) is 18.2 Å². The number of rotatable bonds is 2. The monoisotopic (exact) mass is 291 g/mol. The van der Waals surface area contributed by atoms with Gasteiger partial charge in [0.1, 0.15) is 11.6 Å². The minimum absolute atomic E-state index is 0.312. The number of fused-ring (bicyclic) bond motifs is 1. The van der Waals surface area contributed by atoms with Crippen molar-refractivity contribution in [3.63, 3.8) is 0 Å². The molecule has 2 N–H and O–H groups in total. The van der Waals surface area contributed by atoms with Gasteiger partial charge in [0.15, 0.2) is 0 Å². The van der Waals surface area contributed by atoms with Crippen molar-refractivity contribution >= 4 is 11.6 Å². The summed E-state index contributed by atoms with van der Waals surface area (Å²) in [7, 11) is 0. The van der Waals surface area contributed by atoms with E-state index in [2.05, 4.69) is 0 Å². The highest BCUT2D eigenvalue weighted by molar-refractivity contribution is 6.31. The Labute approximate surface area is 122 Å². The lowest BCUT2D eigenvalue weighted by molar-refractivity contribution is 0.357. The summed E-state index contributed by atoms with van der Waals surface area (Å²) in [5.41, 5.74) is 9.69. The highest BCUT2D eigenvalue weighted by Crippen LogP contribution is 2.32. The lowest BCUT2D eigenvalue weighted by Crippen LogP contribution is -2.13. The maximum atomic E-state index is 13.5. The number of aryl methyl sites for hydroxylation is 1. The molecule has 0 aliphatic carbocycles. The lowest BCUT2D eigenvalue weighted by Gasteiger charge is -2.16. The molecule has 0 saturated heterocycles. The van der Waals surface area contributed by atoms with Crippen LogP contribution in [-0.2, 0) is 6.42 Å². The average Bonchev–Trinajstić information content (AvgIpc) is 2.89. The first-order chi connectivity index (χ1) is 9.56. The molecular weight excluding hydrogens is 277 g/mol. The van der Waals surface area contributed by atoms with Gasteiger partial charge in [-0.1, -0.05) is 23.7 Å². The molecule has 20 heavy (non-hydrogen) atoms. The predicted molar refractivity (Wildman–Crippen MR) is 77.8 cm³/mol. The molecule has 1 aliphatic heterocycles. The van der Waals surface area contributed by atoms with Crippen LogP contribution in [0.25, 0.3) is 0 Å². The highest BCUT2D eigenvalue weighted by Gasteiger charge is 2.18. The van der Waals surface area contributed by atoms with Crippen LogP contribution in [0.4, 0.5) is 4.39 Å². The summed E-state index contributed by atoms with van der Waals surface area (Å²) in [5.74, 6) is 0.607. The fourth-order valence-corrected chi connectivity index (χ4v) is 2.77. The van der Waals surface area contributed by atoms with Crippen LogP contribution in [0.2, 0.25) is 5.02 Å². The quantitative estimate of drug-likeness (QED) is 0.914. The molecule has 2 aromatic carbocycles. The maximum absolute atomic E-state index is 13.5. The minimum Gasteiger partial charge on any atom is -0.493 e. The molecular formula is C16H15ClFNO. The Bertz CT molecular complexity index is 672. The zero-order valence-corrected chi connectivity index (χ0v) is 11.9. The molecule has 0 radical (unpaired) electrons. The molecule has 2 nitrogen and oxygen atoms in total. The molecule has 1 atom stereocenters. The first-order valence-electron chi connectivity index (χ1n) is 6.53. The van der Waals surface area contributed by atoms with Crippen LogP contribution in [0, 0.1) is 12.7 Å². The molecule has 2 aromatic rings. The second-order valence-corrected chi connectivity index (χ2v) is 5.47. The Morgan fingerprint density at radius 2 is 2.10 bits per heavy atom. The molecule has 1 aliphatic rings. The molecule has 104 valence electrons. The molecule has 1 unspecified atom stereocenters. The van der Waals surface area contributed by atoms with E-state index >= 15 is 0 Å². The van der Waals surface area contributed by atoms with Gasteiger partial charge in [0.05, 0.1) is 12.6 Å². The summed E-state index contributed by atoms with van der Waals surface area (Å²) in [6, 6.07) is 8.58. The zero-order valence-electron chi connectivity index (χ0n) is 11.1. The van der Waals surface area contributed by atoms with Crippen molar-refractivity contribution in [3.8, 4) is 5.75 Å². The van der Waals surface area contributed by atoms with Gasteiger partial charge in [0.25, 0.3) is 0 Å².